The van der Waals surface area contributed by atoms with Crippen molar-refractivity contribution in [3.63, 3.8) is 0 Å². The number of H-pyrrole nitrogens is 1. The van der Waals surface area contributed by atoms with Crippen LogP contribution in [0.1, 0.15) is 18.2 Å². The summed E-state index contributed by atoms with van der Waals surface area (Å²) in [5.41, 5.74) is 0.121. The molecule has 0 aliphatic rings. The van der Waals surface area contributed by atoms with E-state index in [-0.39, 0.29) is 16.4 Å². The van der Waals surface area contributed by atoms with Gasteiger partial charge < -0.3 is 4.74 Å². The zero-order valence-electron chi connectivity index (χ0n) is 14.5. The van der Waals surface area contributed by atoms with Gasteiger partial charge in [-0.2, -0.15) is 18.3 Å². The highest BCUT2D eigenvalue weighted by atomic mass is 32.2. The van der Waals surface area contributed by atoms with Crippen LogP contribution in [0.15, 0.2) is 60.2 Å². The Hall–Kier alpha value is -2.81. The number of aromatic nitrogens is 2. The first-order valence-electron chi connectivity index (χ1n) is 7.62. The summed E-state index contributed by atoms with van der Waals surface area (Å²) in [5, 5.41) is 6.56. The van der Waals surface area contributed by atoms with Crippen LogP contribution < -0.4 is 4.74 Å². The van der Waals surface area contributed by atoms with E-state index in [1.807, 2.05) is 0 Å². The van der Waals surface area contributed by atoms with E-state index < -0.39 is 21.6 Å². The summed E-state index contributed by atoms with van der Waals surface area (Å²) in [7, 11) is -3.32. The summed E-state index contributed by atoms with van der Waals surface area (Å²) in [6.45, 7) is 5.13. The first-order chi connectivity index (χ1) is 12.5. The van der Waals surface area contributed by atoms with Crippen molar-refractivity contribution in [3.05, 3.63) is 71.4 Å². The van der Waals surface area contributed by atoms with E-state index in [1.165, 1.54) is 43.5 Å². The van der Waals surface area contributed by atoms with Crippen LogP contribution in [0.4, 0.5) is 13.2 Å². The molecule has 0 aliphatic carbocycles. The number of ether oxygens (including phenoxy) is 1. The summed E-state index contributed by atoms with van der Waals surface area (Å²) in [6.07, 6.45) is 2.43. The Labute approximate surface area is 154 Å². The number of benzene rings is 1. The Morgan fingerprint density at radius 3 is 2.37 bits per heavy atom. The van der Waals surface area contributed by atoms with Crippen molar-refractivity contribution < 1.29 is 26.3 Å². The van der Waals surface area contributed by atoms with Crippen LogP contribution in [-0.2, 0) is 16.0 Å². The average molecular weight is 398 g/mol. The van der Waals surface area contributed by atoms with Crippen LogP contribution in [0.5, 0.6) is 11.5 Å². The van der Waals surface area contributed by atoms with Gasteiger partial charge >= 0.3 is 6.18 Å². The Balaban J connectivity index is 2.30. The first kappa shape index (κ1) is 20.5. The molecular formula is C18H17F3N2O3S. The molecule has 0 bridgehead atoms. The molecule has 0 amide bonds. The van der Waals surface area contributed by atoms with E-state index in [0.717, 1.165) is 18.4 Å². The number of hydrogen-bond donors (Lipinski definition) is 1. The number of alkyl halides is 3. The van der Waals surface area contributed by atoms with Gasteiger partial charge in [-0.05, 0) is 37.3 Å². The Kier molecular flexibility index (Phi) is 5.94. The minimum atomic E-state index is -4.43. The van der Waals surface area contributed by atoms with E-state index in [2.05, 4.69) is 16.8 Å². The van der Waals surface area contributed by atoms with Gasteiger partial charge in [-0.3, -0.25) is 5.10 Å². The van der Waals surface area contributed by atoms with Gasteiger partial charge in [0.25, 0.3) is 0 Å². The van der Waals surface area contributed by atoms with Crippen molar-refractivity contribution >= 4 is 15.4 Å². The molecule has 9 heteroatoms. The maximum absolute atomic E-state index is 12.6. The lowest BCUT2D eigenvalue weighted by atomic mass is 10.1. The fourth-order valence-corrected chi connectivity index (χ4v) is 2.30. The SMILES string of the molecule is C=C/C(=C\C=C(/C)S(C)(=O)=O)c1[nH]ncc1Oc1ccc(C(F)(F)F)cc1. The van der Waals surface area contributed by atoms with Crippen LogP contribution in [0.3, 0.4) is 0 Å². The van der Waals surface area contributed by atoms with Crippen LogP contribution in [0.2, 0.25) is 0 Å². The number of hydrogen-bond acceptors (Lipinski definition) is 4. The number of nitrogens with one attached hydrogen (secondary N) is 1. The largest absolute Gasteiger partial charge is 0.453 e. The number of rotatable bonds is 6. The molecule has 0 unspecified atom stereocenters. The van der Waals surface area contributed by atoms with Crippen molar-refractivity contribution in [1.29, 1.82) is 0 Å². The molecule has 2 rings (SSSR count). The van der Waals surface area contributed by atoms with Gasteiger partial charge in [-0.1, -0.05) is 18.7 Å². The van der Waals surface area contributed by atoms with Crippen molar-refractivity contribution in [2.75, 3.05) is 6.26 Å². The van der Waals surface area contributed by atoms with Gasteiger partial charge in [0.1, 0.15) is 11.4 Å². The van der Waals surface area contributed by atoms with Gasteiger partial charge in [0.05, 0.1) is 11.8 Å². The Bertz CT molecular complexity index is 986. The molecule has 0 atom stereocenters. The average Bonchev–Trinajstić information content (AvgIpc) is 3.02. The summed E-state index contributed by atoms with van der Waals surface area (Å²) in [5.74, 6) is 0.447. The third kappa shape index (κ3) is 5.33. The second kappa shape index (κ2) is 7.83. The minimum absolute atomic E-state index is 0.159. The fourth-order valence-electron chi connectivity index (χ4n) is 1.98. The van der Waals surface area contributed by atoms with Crippen molar-refractivity contribution in [3.8, 4) is 11.5 Å². The van der Waals surface area contributed by atoms with Crippen LogP contribution in [-0.4, -0.2) is 24.9 Å². The lowest BCUT2D eigenvalue weighted by Crippen LogP contribution is -2.04. The normalized spacial score (nSPS) is 13.5. The lowest BCUT2D eigenvalue weighted by molar-refractivity contribution is -0.137. The highest BCUT2D eigenvalue weighted by molar-refractivity contribution is 7.94. The monoisotopic (exact) mass is 398 g/mol. The summed E-state index contributed by atoms with van der Waals surface area (Å²) < 4.78 is 66.4. The summed E-state index contributed by atoms with van der Waals surface area (Å²) >= 11 is 0. The molecule has 0 aliphatic heterocycles. The summed E-state index contributed by atoms with van der Waals surface area (Å²) in [6, 6.07) is 4.23. The third-order valence-electron chi connectivity index (χ3n) is 3.61. The molecule has 1 N–H and O–H groups in total. The molecule has 144 valence electrons. The molecule has 2 aromatic rings. The molecule has 1 aromatic carbocycles. The highest BCUT2D eigenvalue weighted by Crippen LogP contribution is 2.33. The number of allylic oxidation sites excluding steroid dienone is 5. The van der Waals surface area contributed by atoms with E-state index in [1.54, 1.807) is 0 Å². The van der Waals surface area contributed by atoms with Crippen LogP contribution in [0, 0.1) is 0 Å². The molecule has 1 aromatic heterocycles. The quantitative estimate of drug-likeness (QED) is 0.714. The molecule has 0 saturated carbocycles. The maximum Gasteiger partial charge on any atom is 0.416 e. The summed E-state index contributed by atoms with van der Waals surface area (Å²) in [4.78, 5) is 0.159. The molecule has 27 heavy (non-hydrogen) atoms. The van der Waals surface area contributed by atoms with Crippen molar-refractivity contribution in [1.82, 2.24) is 10.2 Å². The first-order valence-corrected chi connectivity index (χ1v) is 9.51. The predicted octanol–water partition coefficient (Wildman–Crippen LogP) is 4.74. The smallest absolute Gasteiger partial charge is 0.416 e. The third-order valence-corrected chi connectivity index (χ3v) is 4.91. The molecule has 0 fully saturated rings. The van der Waals surface area contributed by atoms with E-state index in [4.69, 9.17) is 4.74 Å². The molecule has 1 heterocycles. The van der Waals surface area contributed by atoms with Crippen molar-refractivity contribution in [2.45, 2.75) is 13.1 Å². The van der Waals surface area contributed by atoms with E-state index >= 15 is 0 Å². The topological polar surface area (TPSA) is 72.0 Å². The second-order valence-electron chi connectivity index (χ2n) is 5.61. The van der Waals surface area contributed by atoms with E-state index in [0.29, 0.717) is 11.3 Å². The van der Waals surface area contributed by atoms with Crippen LogP contribution >= 0.6 is 0 Å². The highest BCUT2D eigenvalue weighted by Gasteiger charge is 2.30. The number of halogens is 3. The number of aromatic amines is 1. The molecular weight excluding hydrogens is 381 g/mol. The van der Waals surface area contributed by atoms with Gasteiger partial charge in [-0.15, -0.1) is 0 Å². The Morgan fingerprint density at radius 1 is 1.22 bits per heavy atom. The standard InChI is InChI=1S/C18H17F3N2O3S/c1-4-13(6-5-12(2)27(3,24)25)17-16(11-22-23-17)26-15-9-7-14(8-10-15)18(19,20)21/h4-11H,1H2,2-3H3,(H,22,23)/b12-5+,13-6+. The van der Waals surface area contributed by atoms with E-state index in [9.17, 15) is 21.6 Å². The number of sulfone groups is 1. The molecule has 0 saturated heterocycles. The zero-order valence-corrected chi connectivity index (χ0v) is 15.4. The van der Waals surface area contributed by atoms with Crippen LogP contribution in [0.25, 0.3) is 5.57 Å². The second-order valence-corrected chi connectivity index (χ2v) is 7.80. The predicted molar refractivity (Wildman–Crippen MR) is 96.9 cm³/mol. The molecule has 5 nitrogen and oxygen atoms in total. The van der Waals surface area contributed by atoms with Gasteiger partial charge in [-0.25, -0.2) is 8.42 Å². The molecule has 0 spiro atoms. The zero-order chi connectivity index (χ0) is 20.2. The fraction of sp³-hybridized carbons (Fsp3) is 0.167. The number of nitrogens with zero attached hydrogens (tertiary/aromatic N) is 1. The molecule has 0 radical (unpaired) electrons. The maximum atomic E-state index is 12.6. The van der Waals surface area contributed by atoms with Gasteiger partial charge in [0.2, 0.25) is 0 Å². The lowest BCUT2D eigenvalue weighted by Gasteiger charge is -2.09. The van der Waals surface area contributed by atoms with Gasteiger partial charge in [0.15, 0.2) is 15.6 Å². The van der Waals surface area contributed by atoms with Crippen molar-refractivity contribution in [2.24, 2.45) is 0 Å². The Morgan fingerprint density at radius 2 is 1.85 bits per heavy atom. The van der Waals surface area contributed by atoms with Gasteiger partial charge in [0, 0.05) is 16.7 Å². The minimum Gasteiger partial charge on any atom is -0.453 e.